The van der Waals surface area contributed by atoms with E-state index in [1.165, 1.54) is 0 Å². The first-order valence-electron chi connectivity index (χ1n) is 11.0. The van der Waals surface area contributed by atoms with Crippen LogP contribution < -0.4 is 5.32 Å². The number of rotatable bonds is 9. The molecule has 0 unspecified atom stereocenters. The number of hydrogen-bond acceptors (Lipinski definition) is 4. The number of quaternary nitrogens is 1. The van der Waals surface area contributed by atoms with Gasteiger partial charge in [0.15, 0.2) is 12.1 Å². The minimum Gasteiger partial charge on any atom is -0.480 e. The largest absolute Gasteiger partial charge is 0.480 e. The van der Waals surface area contributed by atoms with Gasteiger partial charge in [0.1, 0.15) is 6.04 Å². The van der Waals surface area contributed by atoms with Gasteiger partial charge in [-0.05, 0) is 51.0 Å². The van der Waals surface area contributed by atoms with Crippen LogP contribution in [0.1, 0.15) is 51.5 Å². The number of benzene rings is 1. The van der Waals surface area contributed by atoms with Crippen LogP contribution in [0.2, 0.25) is 0 Å². The molecule has 0 aromatic heterocycles. The van der Waals surface area contributed by atoms with Gasteiger partial charge >= 0.3 is 11.9 Å². The number of carbonyl (C=O) groups excluding carboxylic acids is 2. The summed E-state index contributed by atoms with van der Waals surface area (Å²) >= 11 is 0. The first kappa shape index (κ1) is 22.3. The SMILES string of the molecule is CCOC(=O)[C@@H](CCc1ccccc1)[NH2+][C@H](C)C(=O)N1[C@@H](C(=O)O)C[C@@H]2CCC[C@@H]21. The smallest absolute Gasteiger partial charge is 0.364 e. The van der Waals surface area contributed by atoms with Gasteiger partial charge in [-0.3, -0.25) is 4.79 Å². The molecule has 5 atom stereocenters. The molecule has 1 saturated heterocycles. The van der Waals surface area contributed by atoms with Gasteiger partial charge < -0.3 is 20.1 Å². The summed E-state index contributed by atoms with van der Waals surface area (Å²) in [6.07, 6.45) is 4.67. The number of aliphatic carboxylic acids is 1. The Labute approximate surface area is 177 Å². The van der Waals surface area contributed by atoms with Crippen molar-refractivity contribution in [2.24, 2.45) is 5.92 Å². The molecule has 1 aliphatic heterocycles. The van der Waals surface area contributed by atoms with E-state index in [2.05, 4.69) is 0 Å². The number of carboxylic acid groups (broad SMARTS) is 1. The van der Waals surface area contributed by atoms with Crippen LogP contribution in [-0.2, 0) is 25.5 Å². The van der Waals surface area contributed by atoms with Gasteiger partial charge in [-0.2, -0.15) is 0 Å². The normalized spacial score (nSPS) is 24.9. The predicted octanol–water partition coefficient (Wildman–Crippen LogP) is 1.36. The average molecular weight is 418 g/mol. The molecule has 0 bridgehead atoms. The Balaban J connectivity index is 1.68. The van der Waals surface area contributed by atoms with Crippen LogP contribution >= 0.6 is 0 Å². The highest BCUT2D eigenvalue weighted by Crippen LogP contribution is 2.41. The number of carbonyl (C=O) groups is 3. The van der Waals surface area contributed by atoms with Gasteiger partial charge in [-0.25, -0.2) is 9.59 Å². The lowest BCUT2D eigenvalue weighted by atomic mass is 10.0. The molecular weight excluding hydrogens is 384 g/mol. The van der Waals surface area contributed by atoms with Crippen LogP contribution in [0, 0.1) is 5.92 Å². The molecule has 3 N–H and O–H groups in total. The van der Waals surface area contributed by atoms with Crippen LogP contribution in [-0.4, -0.2) is 58.6 Å². The maximum Gasteiger partial charge on any atom is 0.364 e. The van der Waals surface area contributed by atoms with E-state index in [1.54, 1.807) is 24.1 Å². The molecule has 7 heteroatoms. The lowest BCUT2D eigenvalue weighted by Crippen LogP contribution is -2.98. The van der Waals surface area contributed by atoms with Gasteiger partial charge in [0.2, 0.25) is 0 Å². The van der Waals surface area contributed by atoms with Crippen molar-refractivity contribution in [3.8, 4) is 0 Å². The monoisotopic (exact) mass is 417 g/mol. The maximum atomic E-state index is 13.3. The number of fused-ring (bicyclic) bond motifs is 1. The van der Waals surface area contributed by atoms with Gasteiger partial charge in [-0.15, -0.1) is 0 Å². The topological polar surface area (TPSA) is 101 Å². The molecule has 30 heavy (non-hydrogen) atoms. The number of hydrogen-bond donors (Lipinski definition) is 2. The summed E-state index contributed by atoms with van der Waals surface area (Å²) in [6.45, 7) is 3.81. The van der Waals surface area contributed by atoms with Crippen molar-refractivity contribution >= 4 is 17.8 Å². The number of amides is 1. The molecule has 1 aromatic carbocycles. The Kier molecular flexibility index (Phi) is 7.48. The molecule has 3 rings (SSSR count). The number of likely N-dealkylation sites (tertiary alicyclic amines) is 1. The second-order valence-electron chi connectivity index (χ2n) is 8.46. The van der Waals surface area contributed by atoms with Crippen molar-refractivity contribution < 1.29 is 29.5 Å². The first-order valence-corrected chi connectivity index (χ1v) is 11.0. The fraction of sp³-hybridized carbons (Fsp3) is 0.609. The molecule has 164 valence electrons. The second-order valence-corrected chi connectivity index (χ2v) is 8.46. The average Bonchev–Trinajstić information content (AvgIpc) is 3.32. The number of nitrogens with zero attached hydrogens (tertiary/aromatic N) is 1. The Bertz CT molecular complexity index is 753. The van der Waals surface area contributed by atoms with E-state index in [1.807, 2.05) is 30.3 Å². The highest BCUT2D eigenvalue weighted by molar-refractivity contribution is 5.87. The quantitative estimate of drug-likeness (QED) is 0.591. The molecule has 1 amide bonds. The minimum atomic E-state index is -0.934. The fourth-order valence-electron chi connectivity index (χ4n) is 5.00. The Morgan fingerprint density at radius 3 is 2.63 bits per heavy atom. The van der Waals surface area contributed by atoms with Crippen molar-refractivity contribution in [1.29, 1.82) is 0 Å². The number of carboxylic acids is 1. The molecule has 0 radical (unpaired) electrons. The van der Waals surface area contributed by atoms with E-state index >= 15 is 0 Å². The summed E-state index contributed by atoms with van der Waals surface area (Å²) in [6, 6.07) is 8.10. The zero-order valence-corrected chi connectivity index (χ0v) is 17.8. The van der Waals surface area contributed by atoms with Gasteiger partial charge in [0.25, 0.3) is 5.91 Å². The minimum absolute atomic E-state index is 0.0137. The zero-order valence-electron chi connectivity index (χ0n) is 17.8. The highest BCUT2D eigenvalue weighted by Gasteiger charge is 2.50. The fourth-order valence-corrected chi connectivity index (χ4v) is 5.00. The van der Waals surface area contributed by atoms with Crippen LogP contribution in [0.4, 0.5) is 0 Å². The number of esters is 1. The van der Waals surface area contributed by atoms with Gasteiger partial charge in [0.05, 0.1) is 6.61 Å². The third-order valence-corrected chi connectivity index (χ3v) is 6.46. The summed E-state index contributed by atoms with van der Waals surface area (Å²) in [5, 5.41) is 11.4. The van der Waals surface area contributed by atoms with Crippen molar-refractivity contribution in [2.75, 3.05) is 6.61 Å². The predicted molar refractivity (Wildman–Crippen MR) is 111 cm³/mol. The zero-order chi connectivity index (χ0) is 21.7. The molecule has 1 aromatic rings. The number of aryl methyl sites for hydroxylation is 1. The van der Waals surface area contributed by atoms with Gasteiger partial charge in [-0.1, -0.05) is 36.8 Å². The van der Waals surface area contributed by atoms with Crippen molar-refractivity contribution in [1.82, 2.24) is 4.90 Å². The van der Waals surface area contributed by atoms with Crippen LogP contribution in [0.25, 0.3) is 0 Å². The summed E-state index contributed by atoms with van der Waals surface area (Å²) in [5.41, 5.74) is 1.12. The molecule has 1 heterocycles. The number of nitrogens with two attached hydrogens (primary N) is 1. The van der Waals surface area contributed by atoms with E-state index in [0.29, 0.717) is 19.3 Å². The molecular formula is C23H33N2O5+. The molecule has 2 fully saturated rings. The van der Waals surface area contributed by atoms with Gasteiger partial charge in [0, 0.05) is 12.5 Å². The molecule has 0 spiro atoms. The third kappa shape index (κ3) is 5.01. The molecule has 1 aliphatic carbocycles. The Morgan fingerprint density at radius 1 is 1.23 bits per heavy atom. The Morgan fingerprint density at radius 2 is 1.97 bits per heavy atom. The third-order valence-electron chi connectivity index (χ3n) is 6.46. The molecule has 7 nitrogen and oxygen atoms in total. The van der Waals surface area contributed by atoms with Crippen molar-refractivity contribution in [2.45, 2.75) is 76.5 Å². The summed E-state index contributed by atoms with van der Waals surface area (Å²) in [5.74, 6) is -1.18. The lowest BCUT2D eigenvalue weighted by Gasteiger charge is -2.30. The van der Waals surface area contributed by atoms with Crippen LogP contribution in [0.15, 0.2) is 30.3 Å². The summed E-state index contributed by atoms with van der Waals surface area (Å²) in [7, 11) is 0. The Hall–Kier alpha value is -2.41. The van der Waals surface area contributed by atoms with Crippen LogP contribution in [0.5, 0.6) is 0 Å². The first-order chi connectivity index (χ1) is 14.4. The van der Waals surface area contributed by atoms with Crippen LogP contribution in [0.3, 0.4) is 0 Å². The standard InChI is InChI=1S/C23H32N2O5/c1-3-30-23(29)18(13-12-16-8-5-4-6-9-16)24-15(2)21(26)25-19-11-7-10-17(19)14-20(25)22(27)28/h4-6,8-9,15,17-20,24H,3,7,10-14H2,1-2H3,(H,27,28)/p+1/t15-,17+,18-,19+,20-/m1/s1. The highest BCUT2D eigenvalue weighted by atomic mass is 16.5. The van der Waals surface area contributed by atoms with Crippen molar-refractivity contribution in [3.63, 3.8) is 0 Å². The van der Waals surface area contributed by atoms with E-state index in [0.717, 1.165) is 24.8 Å². The van der Waals surface area contributed by atoms with E-state index < -0.39 is 24.1 Å². The summed E-state index contributed by atoms with van der Waals surface area (Å²) in [4.78, 5) is 39.2. The van der Waals surface area contributed by atoms with E-state index in [-0.39, 0.29) is 30.4 Å². The second kappa shape index (κ2) is 10.1. The lowest BCUT2D eigenvalue weighted by molar-refractivity contribution is -0.697. The van der Waals surface area contributed by atoms with Crippen molar-refractivity contribution in [3.05, 3.63) is 35.9 Å². The summed E-state index contributed by atoms with van der Waals surface area (Å²) < 4.78 is 5.24. The number of ether oxygens (including phenoxy) is 1. The van der Waals surface area contributed by atoms with E-state index in [4.69, 9.17) is 4.74 Å². The molecule has 1 saturated carbocycles. The van der Waals surface area contributed by atoms with E-state index in [9.17, 15) is 19.5 Å². The molecule has 2 aliphatic rings. The maximum absolute atomic E-state index is 13.3.